The third-order valence-corrected chi connectivity index (χ3v) is 5.75. The van der Waals surface area contributed by atoms with Gasteiger partial charge in [0.05, 0.1) is 24.3 Å². The van der Waals surface area contributed by atoms with E-state index < -0.39 is 0 Å². The summed E-state index contributed by atoms with van der Waals surface area (Å²) in [7, 11) is 0. The molecule has 0 saturated carbocycles. The number of aromatic hydroxyl groups is 1. The molecule has 5 nitrogen and oxygen atoms in total. The highest BCUT2D eigenvalue weighted by molar-refractivity contribution is 6.08. The maximum atomic E-state index is 13.1. The van der Waals surface area contributed by atoms with E-state index in [-0.39, 0.29) is 11.7 Å². The first-order valence-electron chi connectivity index (χ1n) is 10.4. The minimum absolute atomic E-state index is 0.0476. The first-order valence-corrected chi connectivity index (χ1v) is 10.4. The standard InChI is InChI=1S/C24H28N2O3/c1-18-22(27)11-10-20-21(24(28)25-13-15-29-16-14-25)17-26(23(18)20)12-6-5-9-19-7-3-2-4-8-19/h2-4,7-8,10-11,17,27H,5-6,9,12-16H2,1H3. The van der Waals surface area contributed by atoms with Crippen LogP contribution in [0.4, 0.5) is 0 Å². The minimum Gasteiger partial charge on any atom is -0.508 e. The second-order valence-electron chi connectivity index (χ2n) is 7.69. The van der Waals surface area contributed by atoms with E-state index in [1.807, 2.05) is 30.2 Å². The van der Waals surface area contributed by atoms with Gasteiger partial charge < -0.3 is 19.3 Å². The van der Waals surface area contributed by atoms with Crippen LogP contribution in [-0.2, 0) is 17.7 Å². The molecular weight excluding hydrogens is 364 g/mol. The molecule has 0 spiro atoms. The lowest BCUT2D eigenvalue weighted by Gasteiger charge is -2.26. The number of carbonyl (C=O) groups is 1. The lowest BCUT2D eigenvalue weighted by molar-refractivity contribution is 0.0304. The topological polar surface area (TPSA) is 54.7 Å². The van der Waals surface area contributed by atoms with Crippen molar-refractivity contribution in [3.63, 3.8) is 0 Å². The van der Waals surface area contributed by atoms with Crippen LogP contribution in [0.3, 0.4) is 0 Å². The van der Waals surface area contributed by atoms with Crippen LogP contribution < -0.4 is 0 Å². The fourth-order valence-electron chi connectivity index (χ4n) is 4.11. The van der Waals surface area contributed by atoms with Crippen molar-refractivity contribution in [1.82, 2.24) is 9.47 Å². The average molecular weight is 392 g/mol. The highest BCUT2D eigenvalue weighted by Crippen LogP contribution is 2.31. The second kappa shape index (κ2) is 8.70. The molecule has 3 aromatic rings. The van der Waals surface area contributed by atoms with Gasteiger partial charge in [0, 0.05) is 36.8 Å². The summed E-state index contributed by atoms with van der Waals surface area (Å²) in [6, 6.07) is 14.1. The van der Waals surface area contributed by atoms with E-state index >= 15 is 0 Å². The molecule has 0 aliphatic carbocycles. The van der Waals surface area contributed by atoms with Gasteiger partial charge >= 0.3 is 0 Å². The van der Waals surface area contributed by atoms with Crippen molar-refractivity contribution in [3.8, 4) is 5.75 Å². The summed E-state index contributed by atoms with van der Waals surface area (Å²) in [5.41, 5.74) is 3.85. The van der Waals surface area contributed by atoms with Gasteiger partial charge in [0.25, 0.3) is 5.91 Å². The third-order valence-electron chi connectivity index (χ3n) is 5.75. The van der Waals surface area contributed by atoms with Crippen LogP contribution in [0.25, 0.3) is 10.9 Å². The summed E-state index contributed by atoms with van der Waals surface area (Å²) < 4.78 is 7.52. The van der Waals surface area contributed by atoms with Gasteiger partial charge in [-0.2, -0.15) is 0 Å². The number of hydrogen-bond donors (Lipinski definition) is 1. The van der Waals surface area contributed by atoms with Crippen LogP contribution in [0.2, 0.25) is 0 Å². The van der Waals surface area contributed by atoms with Gasteiger partial charge in [-0.15, -0.1) is 0 Å². The fraction of sp³-hybridized carbons (Fsp3) is 0.375. The molecule has 1 N–H and O–H groups in total. The fourth-order valence-corrected chi connectivity index (χ4v) is 4.11. The maximum absolute atomic E-state index is 13.1. The monoisotopic (exact) mass is 392 g/mol. The zero-order chi connectivity index (χ0) is 20.2. The summed E-state index contributed by atoms with van der Waals surface area (Å²) in [6.07, 6.45) is 5.11. The Labute approximate surface area is 171 Å². The Morgan fingerprint density at radius 3 is 2.59 bits per heavy atom. The van der Waals surface area contributed by atoms with Crippen LogP contribution in [0.5, 0.6) is 5.75 Å². The van der Waals surface area contributed by atoms with Crippen LogP contribution in [-0.4, -0.2) is 46.8 Å². The van der Waals surface area contributed by atoms with Crippen molar-refractivity contribution in [1.29, 1.82) is 0 Å². The minimum atomic E-state index is 0.0476. The molecule has 1 aliphatic rings. The number of morpholine rings is 1. The molecule has 1 fully saturated rings. The van der Waals surface area contributed by atoms with Crippen molar-refractivity contribution in [2.45, 2.75) is 32.7 Å². The van der Waals surface area contributed by atoms with Crippen molar-refractivity contribution in [2.75, 3.05) is 26.3 Å². The Hall–Kier alpha value is -2.79. The molecule has 1 amide bonds. The van der Waals surface area contributed by atoms with Crippen molar-refractivity contribution < 1.29 is 14.6 Å². The number of aryl methyl sites for hydroxylation is 3. The zero-order valence-corrected chi connectivity index (χ0v) is 16.9. The molecule has 1 aliphatic heterocycles. The van der Waals surface area contributed by atoms with Gasteiger partial charge in [0.15, 0.2) is 0 Å². The number of nitrogens with zero attached hydrogens (tertiary/aromatic N) is 2. The Bertz CT molecular complexity index is 988. The number of phenols is 1. The number of carbonyl (C=O) groups excluding carboxylic acids is 1. The van der Waals surface area contributed by atoms with Crippen molar-refractivity contribution in [2.24, 2.45) is 0 Å². The van der Waals surface area contributed by atoms with Crippen molar-refractivity contribution >= 4 is 16.8 Å². The number of rotatable bonds is 6. The molecule has 1 aromatic heterocycles. The lowest BCUT2D eigenvalue weighted by atomic mass is 10.1. The Kier molecular flexibility index (Phi) is 5.86. The molecule has 2 aromatic carbocycles. The predicted octanol–water partition coefficient (Wildman–Crippen LogP) is 4.15. The summed E-state index contributed by atoms with van der Waals surface area (Å²) >= 11 is 0. The molecule has 0 bridgehead atoms. The SMILES string of the molecule is Cc1c(O)ccc2c(C(=O)N3CCOCC3)cn(CCCCc3ccccc3)c12. The highest BCUT2D eigenvalue weighted by Gasteiger charge is 2.23. The molecule has 1 saturated heterocycles. The quantitative estimate of drug-likeness (QED) is 0.641. The number of amides is 1. The van der Waals surface area contributed by atoms with Crippen LogP contribution in [0.15, 0.2) is 48.7 Å². The second-order valence-corrected chi connectivity index (χ2v) is 7.69. The van der Waals surface area contributed by atoms with E-state index in [1.165, 1.54) is 5.56 Å². The first kappa shape index (κ1) is 19.5. The lowest BCUT2D eigenvalue weighted by Crippen LogP contribution is -2.40. The predicted molar refractivity (Wildman–Crippen MR) is 114 cm³/mol. The molecule has 5 heteroatoms. The Morgan fingerprint density at radius 1 is 1.07 bits per heavy atom. The molecule has 0 radical (unpaired) electrons. The van der Waals surface area contributed by atoms with Gasteiger partial charge in [-0.25, -0.2) is 0 Å². The summed E-state index contributed by atoms with van der Waals surface area (Å²) in [5, 5.41) is 11.1. The van der Waals surface area contributed by atoms with Gasteiger partial charge in [0.2, 0.25) is 0 Å². The van der Waals surface area contributed by atoms with E-state index in [4.69, 9.17) is 4.74 Å². The highest BCUT2D eigenvalue weighted by atomic mass is 16.5. The summed E-state index contributed by atoms with van der Waals surface area (Å²) in [4.78, 5) is 15.0. The maximum Gasteiger partial charge on any atom is 0.256 e. The summed E-state index contributed by atoms with van der Waals surface area (Å²) in [5.74, 6) is 0.318. The molecule has 2 heterocycles. The van der Waals surface area contributed by atoms with E-state index in [0.717, 1.165) is 42.3 Å². The molecule has 152 valence electrons. The first-order chi connectivity index (χ1) is 14.1. The number of hydrogen-bond acceptors (Lipinski definition) is 3. The van der Waals surface area contributed by atoms with Gasteiger partial charge in [-0.3, -0.25) is 4.79 Å². The number of phenolic OH excluding ortho intramolecular Hbond substituents is 1. The summed E-state index contributed by atoms with van der Waals surface area (Å²) in [6.45, 7) is 5.16. The van der Waals surface area contributed by atoms with E-state index in [2.05, 4.69) is 28.8 Å². The van der Waals surface area contributed by atoms with Crippen LogP contribution >= 0.6 is 0 Å². The van der Waals surface area contributed by atoms with Crippen LogP contribution in [0, 0.1) is 6.92 Å². The van der Waals surface area contributed by atoms with Gasteiger partial charge in [0.1, 0.15) is 5.75 Å². The van der Waals surface area contributed by atoms with E-state index in [9.17, 15) is 9.90 Å². The number of unbranched alkanes of at least 4 members (excludes halogenated alkanes) is 1. The Morgan fingerprint density at radius 2 is 1.83 bits per heavy atom. The van der Waals surface area contributed by atoms with E-state index in [0.29, 0.717) is 31.9 Å². The van der Waals surface area contributed by atoms with E-state index in [1.54, 1.807) is 6.07 Å². The number of benzene rings is 2. The molecule has 4 rings (SSSR count). The third kappa shape index (κ3) is 4.15. The number of aromatic nitrogens is 1. The zero-order valence-electron chi connectivity index (χ0n) is 16.9. The molecule has 29 heavy (non-hydrogen) atoms. The molecular formula is C24H28N2O3. The van der Waals surface area contributed by atoms with Gasteiger partial charge in [-0.1, -0.05) is 30.3 Å². The Balaban J connectivity index is 1.56. The largest absolute Gasteiger partial charge is 0.508 e. The number of fused-ring (bicyclic) bond motifs is 1. The number of ether oxygens (including phenoxy) is 1. The van der Waals surface area contributed by atoms with Crippen LogP contribution in [0.1, 0.15) is 34.3 Å². The van der Waals surface area contributed by atoms with Crippen molar-refractivity contribution in [3.05, 3.63) is 65.4 Å². The normalized spacial score (nSPS) is 14.4. The average Bonchev–Trinajstić information content (AvgIpc) is 3.14. The molecule has 0 unspecified atom stereocenters. The molecule has 0 atom stereocenters. The smallest absolute Gasteiger partial charge is 0.256 e. The van der Waals surface area contributed by atoms with Gasteiger partial charge in [-0.05, 0) is 43.9 Å².